The van der Waals surface area contributed by atoms with Crippen LogP contribution in [-0.4, -0.2) is 11.2 Å². The lowest BCUT2D eigenvalue weighted by molar-refractivity contribution is 0.0828. The number of benzene rings is 2. The summed E-state index contributed by atoms with van der Waals surface area (Å²) in [5, 5.41) is 11.0. The Bertz CT molecular complexity index is 601. The Morgan fingerprint density at radius 3 is 2.45 bits per heavy atom. The van der Waals surface area contributed by atoms with E-state index >= 15 is 0 Å². The van der Waals surface area contributed by atoms with Crippen molar-refractivity contribution in [2.45, 2.75) is 38.4 Å². The third-order valence-corrected chi connectivity index (χ3v) is 3.92. The van der Waals surface area contributed by atoms with Crippen LogP contribution in [0.5, 0.6) is 5.75 Å². The van der Waals surface area contributed by atoms with Crippen molar-refractivity contribution >= 4 is 0 Å². The van der Waals surface area contributed by atoms with Gasteiger partial charge in [-0.3, -0.25) is 0 Å². The molecule has 2 aromatic rings. The second kappa shape index (κ2) is 4.95. The summed E-state index contributed by atoms with van der Waals surface area (Å²) < 4.78 is 5.65. The molecule has 0 heterocycles. The van der Waals surface area contributed by atoms with Crippen molar-refractivity contribution < 1.29 is 9.84 Å². The summed E-state index contributed by atoms with van der Waals surface area (Å²) in [6, 6.07) is 16.0. The van der Waals surface area contributed by atoms with Crippen LogP contribution in [0.4, 0.5) is 0 Å². The zero-order chi connectivity index (χ0) is 14.2. The molecule has 1 aliphatic carbocycles. The fourth-order valence-corrected chi connectivity index (χ4v) is 2.97. The minimum atomic E-state index is -0.854. The van der Waals surface area contributed by atoms with Gasteiger partial charge in [-0.25, -0.2) is 0 Å². The van der Waals surface area contributed by atoms with E-state index in [0.29, 0.717) is 0 Å². The van der Waals surface area contributed by atoms with Gasteiger partial charge in [-0.05, 0) is 55.5 Å². The second-order valence-electron chi connectivity index (χ2n) is 5.71. The smallest absolute Gasteiger partial charge is 0.119 e. The number of aryl methyl sites for hydroxylation is 1. The largest absolute Gasteiger partial charge is 0.491 e. The molecule has 0 fully saturated rings. The van der Waals surface area contributed by atoms with E-state index < -0.39 is 5.60 Å². The van der Waals surface area contributed by atoms with Crippen LogP contribution in [0.25, 0.3) is 0 Å². The molecule has 0 spiro atoms. The quantitative estimate of drug-likeness (QED) is 0.920. The van der Waals surface area contributed by atoms with Gasteiger partial charge in [0.05, 0.1) is 6.10 Å². The summed E-state index contributed by atoms with van der Waals surface area (Å²) in [5.74, 6) is 0.846. The first kappa shape index (κ1) is 13.2. The SMILES string of the molecule is CC(C)Oc1ccc(C2(O)CCc3ccccc32)cc1. The Kier molecular flexibility index (Phi) is 3.27. The summed E-state index contributed by atoms with van der Waals surface area (Å²) in [6.45, 7) is 4.02. The number of hydrogen-bond donors (Lipinski definition) is 1. The van der Waals surface area contributed by atoms with Crippen molar-refractivity contribution in [1.82, 2.24) is 0 Å². The fourth-order valence-electron chi connectivity index (χ4n) is 2.97. The Morgan fingerprint density at radius 1 is 1.05 bits per heavy atom. The van der Waals surface area contributed by atoms with Gasteiger partial charge in [-0.2, -0.15) is 0 Å². The van der Waals surface area contributed by atoms with E-state index in [-0.39, 0.29) is 6.10 Å². The predicted molar refractivity (Wildman–Crippen MR) is 80.0 cm³/mol. The third kappa shape index (κ3) is 2.20. The molecule has 0 saturated heterocycles. The van der Waals surface area contributed by atoms with Crippen molar-refractivity contribution in [3.05, 3.63) is 65.2 Å². The van der Waals surface area contributed by atoms with Crippen LogP contribution in [-0.2, 0) is 12.0 Å². The molecule has 3 rings (SSSR count). The van der Waals surface area contributed by atoms with Crippen LogP contribution < -0.4 is 4.74 Å². The minimum absolute atomic E-state index is 0.163. The average Bonchev–Trinajstić information content (AvgIpc) is 2.78. The molecule has 1 unspecified atom stereocenters. The van der Waals surface area contributed by atoms with E-state index in [9.17, 15) is 5.11 Å². The number of rotatable bonds is 3. The van der Waals surface area contributed by atoms with Crippen LogP contribution >= 0.6 is 0 Å². The Balaban J connectivity index is 1.93. The maximum absolute atomic E-state index is 11.0. The zero-order valence-electron chi connectivity index (χ0n) is 12.0. The highest BCUT2D eigenvalue weighted by Crippen LogP contribution is 2.42. The Morgan fingerprint density at radius 2 is 1.75 bits per heavy atom. The molecule has 0 aromatic heterocycles. The van der Waals surface area contributed by atoms with E-state index in [4.69, 9.17) is 4.74 Å². The molecule has 0 saturated carbocycles. The third-order valence-electron chi connectivity index (χ3n) is 3.92. The van der Waals surface area contributed by atoms with Crippen LogP contribution in [0.3, 0.4) is 0 Å². The molecule has 0 aliphatic heterocycles. The first-order chi connectivity index (χ1) is 9.59. The van der Waals surface area contributed by atoms with Crippen molar-refractivity contribution in [2.75, 3.05) is 0 Å². The molecule has 2 heteroatoms. The molecular weight excluding hydrogens is 248 g/mol. The van der Waals surface area contributed by atoms with E-state index in [2.05, 4.69) is 6.07 Å². The normalized spacial score (nSPS) is 21.0. The molecule has 2 nitrogen and oxygen atoms in total. The summed E-state index contributed by atoms with van der Waals surface area (Å²) in [4.78, 5) is 0. The summed E-state index contributed by atoms with van der Waals surface area (Å²) in [7, 11) is 0. The van der Waals surface area contributed by atoms with Gasteiger partial charge in [-0.1, -0.05) is 36.4 Å². The first-order valence-corrected chi connectivity index (χ1v) is 7.17. The van der Waals surface area contributed by atoms with Crippen LogP contribution in [0.2, 0.25) is 0 Å². The molecule has 1 aliphatic rings. The average molecular weight is 268 g/mol. The number of hydrogen-bond acceptors (Lipinski definition) is 2. The molecular formula is C18H20O2. The van der Waals surface area contributed by atoms with Gasteiger partial charge in [0.15, 0.2) is 0 Å². The summed E-state index contributed by atoms with van der Waals surface area (Å²) >= 11 is 0. The van der Waals surface area contributed by atoms with Gasteiger partial charge in [0, 0.05) is 0 Å². The molecule has 104 valence electrons. The van der Waals surface area contributed by atoms with Gasteiger partial charge in [0.2, 0.25) is 0 Å². The van der Waals surface area contributed by atoms with Crippen LogP contribution in [0, 0.1) is 0 Å². The van der Waals surface area contributed by atoms with E-state index in [1.165, 1.54) is 5.56 Å². The van der Waals surface area contributed by atoms with Crippen LogP contribution in [0.15, 0.2) is 48.5 Å². The van der Waals surface area contributed by atoms with Crippen LogP contribution in [0.1, 0.15) is 37.0 Å². The lowest BCUT2D eigenvalue weighted by atomic mass is 9.88. The highest BCUT2D eigenvalue weighted by Gasteiger charge is 2.37. The summed E-state index contributed by atoms with van der Waals surface area (Å²) in [5.41, 5.74) is 2.38. The summed E-state index contributed by atoms with van der Waals surface area (Å²) in [6.07, 6.45) is 1.84. The second-order valence-corrected chi connectivity index (χ2v) is 5.71. The topological polar surface area (TPSA) is 29.5 Å². The monoisotopic (exact) mass is 268 g/mol. The van der Waals surface area contributed by atoms with E-state index in [0.717, 1.165) is 29.7 Å². The number of fused-ring (bicyclic) bond motifs is 1. The Hall–Kier alpha value is -1.80. The van der Waals surface area contributed by atoms with Crippen molar-refractivity contribution in [3.8, 4) is 5.75 Å². The van der Waals surface area contributed by atoms with Crippen molar-refractivity contribution in [3.63, 3.8) is 0 Å². The lowest BCUT2D eigenvalue weighted by Crippen LogP contribution is -2.23. The molecule has 1 atom stereocenters. The minimum Gasteiger partial charge on any atom is -0.491 e. The maximum atomic E-state index is 11.0. The highest BCUT2D eigenvalue weighted by molar-refractivity contribution is 5.46. The first-order valence-electron chi connectivity index (χ1n) is 7.17. The van der Waals surface area contributed by atoms with E-state index in [1.807, 2.05) is 56.3 Å². The standard InChI is InChI=1S/C18H20O2/c1-13(2)20-16-9-7-15(8-10-16)18(19)12-11-14-5-3-4-6-17(14)18/h3-10,13,19H,11-12H2,1-2H3. The molecule has 1 N–H and O–H groups in total. The van der Waals surface area contributed by atoms with Gasteiger partial charge in [0.25, 0.3) is 0 Å². The van der Waals surface area contributed by atoms with Crippen molar-refractivity contribution in [1.29, 1.82) is 0 Å². The number of ether oxygens (including phenoxy) is 1. The lowest BCUT2D eigenvalue weighted by Gasteiger charge is -2.25. The molecule has 2 aromatic carbocycles. The van der Waals surface area contributed by atoms with Gasteiger partial charge in [0.1, 0.15) is 11.4 Å². The van der Waals surface area contributed by atoms with Crippen molar-refractivity contribution in [2.24, 2.45) is 0 Å². The maximum Gasteiger partial charge on any atom is 0.119 e. The molecule has 0 bridgehead atoms. The van der Waals surface area contributed by atoms with Gasteiger partial charge < -0.3 is 9.84 Å². The molecule has 0 amide bonds. The molecule has 20 heavy (non-hydrogen) atoms. The highest BCUT2D eigenvalue weighted by atomic mass is 16.5. The zero-order valence-corrected chi connectivity index (χ0v) is 12.0. The van der Waals surface area contributed by atoms with Gasteiger partial charge in [-0.15, -0.1) is 0 Å². The Labute approximate surface area is 120 Å². The fraction of sp³-hybridized carbons (Fsp3) is 0.333. The molecule has 0 radical (unpaired) electrons. The predicted octanol–water partition coefficient (Wildman–Crippen LogP) is 3.66. The van der Waals surface area contributed by atoms with E-state index in [1.54, 1.807) is 0 Å². The number of aliphatic hydroxyl groups is 1. The van der Waals surface area contributed by atoms with Gasteiger partial charge >= 0.3 is 0 Å².